The maximum atomic E-state index is 11.6. The van der Waals surface area contributed by atoms with Crippen molar-refractivity contribution in [2.45, 2.75) is 47.1 Å². The lowest BCUT2D eigenvalue weighted by Crippen LogP contribution is -2.24. The van der Waals surface area contributed by atoms with Crippen molar-refractivity contribution in [2.24, 2.45) is 5.41 Å². The van der Waals surface area contributed by atoms with E-state index in [1.165, 1.54) is 0 Å². The van der Waals surface area contributed by atoms with Crippen LogP contribution in [0.4, 0.5) is 0 Å². The van der Waals surface area contributed by atoms with Crippen LogP contribution < -0.4 is 5.32 Å². The smallest absolute Gasteiger partial charge is 0.220 e. The molecule has 0 aliphatic rings. The van der Waals surface area contributed by atoms with Crippen molar-refractivity contribution < 1.29 is 4.79 Å². The van der Waals surface area contributed by atoms with E-state index in [4.69, 9.17) is 0 Å². The van der Waals surface area contributed by atoms with Crippen LogP contribution in [0.1, 0.15) is 45.0 Å². The van der Waals surface area contributed by atoms with Crippen molar-refractivity contribution in [1.82, 2.24) is 15.3 Å². The summed E-state index contributed by atoms with van der Waals surface area (Å²) in [6, 6.07) is 0. The van der Waals surface area contributed by atoms with Crippen LogP contribution >= 0.6 is 0 Å². The molecule has 0 spiro atoms. The van der Waals surface area contributed by atoms with Crippen molar-refractivity contribution in [3.8, 4) is 0 Å². The van der Waals surface area contributed by atoms with Crippen molar-refractivity contribution in [3.05, 3.63) is 23.8 Å². The number of aromatic nitrogens is 2. The molecule has 0 unspecified atom stereocenters. The summed E-state index contributed by atoms with van der Waals surface area (Å²) in [6.45, 7) is 8.73. The lowest BCUT2D eigenvalue weighted by atomic mass is 9.90. The fourth-order valence-electron chi connectivity index (χ4n) is 1.28. The highest BCUT2D eigenvalue weighted by Gasteiger charge is 2.12. The van der Waals surface area contributed by atoms with Gasteiger partial charge in [0.25, 0.3) is 0 Å². The molecule has 94 valence electrons. The number of hydrogen-bond donors (Lipinski definition) is 1. The van der Waals surface area contributed by atoms with Gasteiger partial charge < -0.3 is 5.32 Å². The van der Waals surface area contributed by atoms with E-state index < -0.39 is 0 Å². The van der Waals surface area contributed by atoms with Gasteiger partial charge in [0.15, 0.2) is 0 Å². The third kappa shape index (κ3) is 6.00. The monoisotopic (exact) mass is 235 g/mol. The number of carbonyl (C=O) groups excluding carboxylic acids is 1. The number of rotatable bonds is 4. The summed E-state index contributed by atoms with van der Waals surface area (Å²) >= 11 is 0. The quantitative estimate of drug-likeness (QED) is 0.870. The van der Waals surface area contributed by atoms with Crippen molar-refractivity contribution in [3.63, 3.8) is 0 Å². The van der Waals surface area contributed by atoms with Crippen LogP contribution in [0.2, 0.25) is 0 Å². The Morgan fingerprint density at radius 3 is 2.53 bits per heavy atom. The van der Waals surface area contributed by atoms with Crippen LogP contribution in [-0.4, -0.2) is 15.9 Å². The summed E-state index contributed by atoms with van der Waals surface area (Å²) in [5.74, 6) is 0.0716. The summed E-state index contributed by atoms with van der Waals surface area (Å²) in [6.07, 6.45) is 4.84. The topological polar surface area (TPSA) is 54.9 Å². The van der Waals surface area contributed by atoms with Crippen molar-refractivity contribution >= 4 is 5.91 Å². The van der Waals surface area contributed by atoms with Crippen LogP contribution in [-0.2, 0) is 11.3 Å². The molecule has 0 atom stereocenters. The average molecular weight is 235 g/mol. The summed E-state index contributed by atoms with van der Waals surface area (Å²) in [5, 5.41) is 2.85. The first-order chi connectivity index (χ1) is 7.87. The molecule has 1 amide bonds. The SMILES string of the molecule is Cc1cnc(CNC(=O)CCC(C)(C)C)cn1. The molecule has 1 aromatic heterocycles. The van der Waals surface area contributed by atoms with E-state index in [0.29, 0.717) is 13.0 Å². The molecular formula is C13H21N3O. The summed E-state index contributed by atoms with van der Waals surface area (Å²) in [4.78, 5) is 19.9. The molecule has 1 N–H and O–H groups in total. The number of hydrogen-bond acceptors (Lipinski definition) is 3. The molecule has 0 saturated carbocycles. The number of carbonyl (C=O) groups is 1. The third-order valence-corrected chi connectivity index (χ3v) is 2.40. The van der Waals surface area contributed by atoms with Crippen LogP contribution in [0.25, 0.3) is 0 Å². The lowest BCUT2D eigenvalue weighted by molar-refractivity contribution is -0.121. The zero-order valence-electron chi connectivity index (χ0n) is 11.1. The van der Waals surface area contributed by atoms with Crippen LogP contribution in [0.5, 0.6) is 0 Å². The summed E-state index contributed by atoms with van der Waals surface area (Å²) in [5.41, 5.74) is 1.87. The van der Waals surface area contributed by atoms with Gasteiger partial charge in [-0.1, -0.05) is 20.8 Å². The highest BCUT2D eigenvalue weighted by molar-refractivity contribution is 5.75. The van der Waals surface area contributed by atoms with E-state index >= 15 is 0 Å². The zero-order valence-corrected chi connectivity index (χ0v) is 11.1. The summed E-state index contributed by atoms with van der Waals surface area (Å²) < 4.78 is 0. The highest BCUT2D eigenvalue weighted by atomic mass is 16.1. The molecule has 4 heteroatoms. The van der Waals surface area contributed by atoms with Gasteiger partial charge in [-0.25, -0.2) is 0 Å². The van der Waals surface area contributed by atoms with E-state index in [2.05, 4.69) is 36.1 Å². The van der Waals surface area contributed by atoms with Crippen molar-refractivity contribution in [2.75, 3.05) is 0 Å². The number of nitrogens with one attached hydrogen (secondary N) is 1. The van der Waals surface area contributed by atoms with E-state index in [-0.39, 0.29) is 11.3 Å². The van der Waals surface area contributed by atoms with E-state index in [0.717, 1.165) is 17.8 Å². The van der Waals surface area contributed by atoms with E-state index in [1.807, 2.05) is 6.92 Å². The fraction of sp³-hybridized carbons (Fsp3) is 0.615. The number of aryl methyl sites for hydroxylation is 1. The lowest BCUT2D eigenvalue weighted by Gasteiger charge is -2.17. The predicted molar refractivity (Wildman–Crippen MR) is 67.3 cm³/mol. The standard InChI is InChI=1S/C13H21N3O/c1-10-7-15-11(8-14-10)9-16-12(17)5-6-13(2,3)4/h7-8H,5-6,9H2,1-4H3,(H,16,17). The first-order valence-electron chi connectivity index (χ1n) is 5.91. The Balaban J connectivity index is 2.31. The second kappa shape index (κ2) is 5.75. The molecule has 0 aromatic carbocycles. The molecular weight excluding hydrogens is 214 g/mol. The maximum Gasteiger partial charge on any atom is 0.220 e. The van der Waals surface area contributed by atoms with Gasteiger partial charge in [-0.3, -0.25) is 14.8 Å². The Labute approximate surface area is 103 Å². The minimum Gasteiger partial charge on any atom is -0.350 e. The third-order valence-electron chi connectivity index (χ3n) is 2.40. The van der Waals surface area contributed by atoms with Gasteiger partial charge in [0.2, 0.25) is 5.91 Å². The molecule has 0 aliphatic carbocycles. The molecule has 0 bridgehead atoms. The second-order valence-corrected chi connectivity index (χ2v) is 5.49. The minimum absolute atomic E-state index is 0.0716. The van der Waals surface area contributed by atoms with Crippen LogP contribution in [0.3, 0.4) is 0 Å². The Morgan fingerprint density at radius 2 is 2.00 bits per heavy atom. The van der Waals surface area contributed by atoms with Gasteiger partial charge in [0.05, 0.1) is 24.1 Å². The molecule has 1 rings (SSSR count). The first kappa shape index (κ1) is 13.6. The van der Waals surface area contributed by atoms with Gasteiger partial charge in [0.1, 0.15) is 0 Å². The van der Waals surface area contributed by atoms with Gasteiger partial charge >= 0.3 is 0 Å². The van der Waals surface area contributed by atoms with Gasteiger partial charge in [-0.15, -0.1) is 0 Å². The van der Waals surface area contributed by atoms with E-state index in [1.54, 1.807) is 12.4 Å². The minimum atomic E-state index is 0.0716. The Hall–Kier alpha value is -1.45. The van der Waals surface area contributed by atoms with Crippen molar-refractivity contribution in [1.29, 1.82) is 0 Å². The molecule has 4 nitrogen and oxygen atoms in total. The van der Waals surface area contributed by atoms with Gasteiger partial charge in [0, 0.05) is 12.6 Å². The number of amides is 1. The summed E-state index contributed by atoms with van der Waals surface area (Å²) in [7, 11) is 0. The predicted octanol–water partition coefficient (Wildman–Crippen LogP) is 2.23. The van der Waals surface area contributed by atoms with Gasteiger partial charge in [-0.2, -0.15) is 0 Å². The normalized spacial score (nSPS) is 11.3. The maximum absolute atomic E-state index is 11.6. The Morgan fingerprint density at radius 1 is 1.29 bits per heavy atom. The first-order valence-corrected chi connectivity index (χ1v) is 5.91. The van der Waals surface area contributed by atoms with Crippen LogP contribution in [0.15, 0.2) is 12.4 Å². The molecule has 0 fully saturated rings. The molecule has 0 aliphatic heterocycles. The molecule has 1 heterocycles. The largest absolute Gasteiger partial charge is 0.350 e. The molecule has 1 aromatic rings. The molecule has 0 radical (unpaired) electrons. The second-order valence-electron chi connectivity index (χ2n) is 5.49. The zero-order chi connectivity index (χ0) is 12.9. The fourth-order valence-corrected chi connectivity index (χ4v) is 1.28. The van der Waals surface area contributed by atoms with Crippen LogP contribution in [0, 0.1) is 12.3 Å². The Kier molecular flexibility index (Phi) is 4.61. The number of nitrogens with zero attached hydrogens (tertiary/aromatic N) is 2. The highest BCUT2D eigenvalue weighted by Crippen LogP contribution is 2.20. The Bertz CT molecular complexity index is 365. The molecule has 17 heavy (non-hydrogen) atoms. The van der Waals surface area contributed by atoms with Gasteiger partial charge in [-0.05, 0) is 18.8 Å². The average Bonchev–Trinajstić information content (AvgIpc) is 2.25. The molecule has 0 saturated heterocycles. The van der Waals surface area contributed by atoms with E-state index in [9.17, 15) is 4.79 Å².